The number of aliphatic carboxylic acids is 1. The van der Waals surface area contributed by atoms with Gasteiger partial charge in [0.1, 0.15) is 12.6 Å². The van der Waals surface area contributed by atoms with E-state index in [4.69, 9.17) is 5.11 Å². The van der Waals surface area contributed by atoms with Crippen LogP contribution in [0.4, 0.5) is 18.0 Å². The predicted molar refractivity (Wildman–Crippen MR) is 52.8 cm³/mol. The maximum absolute atomic E-state index is 12.1. The largest absolute Gasteiger partial charge is 0.480 e. The number of alkyl halides is 3. The Morgan fingerprint density at radius 1 is 1.44 bits per heavy atom. The topological polar surface area (TPSA) is 81.1 Å². The molecule has 0 aliphatic carbocycles. The van der Waals surface area contributed by atoms with Crippen molar-refractivity contribution in [2.75, 3.05) is 20.1 Å². The van der Waals surface area contributed by atoms with E-state index in [-0.39, 0.29) is 13.0 Å². The first-order chi connectivity index (χ1) is 8.11. The SMILES string of the molecule is CN(CC(F)(F)F)C(=O)N1C[C@H](O)C[C@H]1C(=O)O. The molecule has 0 unspecified atom stereocenters. The Hall–Kier alpha value is -1.51. The lowest BCUT2D eigenvalue weighted by Crippen LogP contribution is -2.49. The molecule has 1 rings (SSSR count). The van der Waals surface area contributed by atoms with Crippen LogP contribution >= 0.6 is 0 Å². The molecular formula is C9H13F3N2O4. The summed E-state index contributed by atoms with van der Waals surface area (Å²) >= 11 is 0. The van der Waals surface area contributed by atoms with E-state index < -0.39 is 36.9 Å². The van der Waals surface area contributed by atoms with Gasteiger partial charge in [0.25, 0.3) is 0 Å². The quantitative estimate of drug-likeness (QED) is 0.746. The highest BCUT2D eigenvalue weighted by atomic mass is 19.4. The van der Waals surface area contributed by atoms with Gasteiger partial charge in [-0.1, -0.05) is 0 Å². The van der Waals surface area contributed by atoms with Crippen molar-refractivity contribution in [3.05, 3.63) is 0 Å². The van der Waals surface area contributed by atoms with Gasteiger partial charge in [0.2, 0.25) is 0 Å². The molecule has 1 fully saturated rings. The molecule has 2 amide bonds. The first-order valence-electron chi connectivity index (χ1n) is 5.11. The van der Waals surface area contributed by atoms with Gasteiger partial charge in [-0.2, -0.15) is 13.2 Å². The molecule has 18 heavy (non-hydrogen) atoms. The molecule has 6 nitrogen and oxygen atoms in total. The van der Waals surface area contributed by atoms with Crippen molar-refractivity contribution in [2.45, 2.75) is 24.7 Å². The molecule has 9 heteroatoms. The lowest BCUT2D eigenvalue weighted by atomic mass is 10.2. The minimum Gasteiger partial charge on any atom is -0.480 e. The summed E-state index contributed by atoms with van der Waals surface area (Å²) in [7, 11) is 0.930. The molecule has 0 bridgehead atoms. The number of hydrogen-bond acceptors (Lipinski definition) is 3. The van der Waals surface area contributed by atoms with E-state index in [1.165, 1.54) is 0 Å². The maximum atomic E-state index is 12.1. The zero-order valence-corrected chi connectivity index (χ0v) is 9.52. The fourth-order valence-corrected chi connectivity index (χ4v) is 1.82. The van der Waals surface area contributed by atoms with Gasteiger partial charge in [0.15, 0.2) is 0 Å². The molecule has 0 aromatic carbocycles. The Kier molecular flexibility index (Phi) is 4.05. The normalized spacial score (nSPS) is 24.2. The van der Waals surface area contributed by atoms with Crippen LogP contribution in [0.15, 0.2) is 0 Å². The number of carboxylic acid groups (broad SMARTS) is 1. The molecule has 1 saturated heterocycles. The lowest BCUT2D eigenvalue weighted by molar-refractivity contribution is -0.142. The van der Waals surface area contributed by atoms with Crippen LogP contribution in [0, 0.1) is 0 Å². The van der Waals surface area contributed by atoms with Crippen molar-refractivity contribution in [3.63, 3.8) is 0 Å². The number of urea groups is 1. The van der Waals surface area contributed by atoms with Crippen molar-refractivity contribution < 1.29 is 33.0 Å². The van der Waals surface area contributed by atoms with Crippen molar-refractivity contribution in [1.82, 2.24) is 9.80 Å². The fourth-order valence-electron chi connectivity index (χ4n) is 1.82. The summed E-state index contributed by atoms with van der Waals surface area (Å²) in [5.74, 6) is -1.35. The molecule has 0 spiro atoms. The molecular weight excluding hydrogens is 257 g/mol. The summed E-state index contributed by atoms with van der Waals surface area (Å²) < 4.78 is 36.3. The van der Waals surface area contributed by atoms with Crippen LogP contribution in [0.25, 0.3) is 0 Å². The van der Waals surface area contributed by atoms with Gasteiger partial charge in [-0.15, -0.1) is 0 Å². The number of aliphatic hydroxyl groups excluding tert-OH is 1. The highest BCUT2D eigenvalue weighted by Gasteiger charge is 2.41. The van der Waals surface area contributed by atoms with E-state index in [2.05, 4.69) is 0 Å². The number of aliphatic hydroxyl groups is 1. The van der Waals surface area contributed by atoms with Gasteiger partial charge in [-0.05, 0) is 0 Å². The zero-order valence-electron chi connectivity index (χ0n) is 9.52. The van der Waals surface area contributed by atoms with Crippen LogP contribution < -0.4 is 0 Å². The number of rotatable bonds is 2. The van der Waals surface area contributed by atoms with Gasteiger partial charge in [-0.3, -0.25) is 0 Å². The Labute approximate surface area is 101 Å². The van der Waals surface area contributed by atoms with Crippen LogP contribution in [0.3, 0.4) is 0 Å². The summed E-state index contributed by atoms with van der Waals surface area (Å²) in [6, 6.07) is -2.35. The van der Waals surface area contributed by atoms with E-state index in [1.54, 1.807) is 0 Å². The van der Waals surface area contributed by atoms with Gasteiger partial charge in [0, 0.05) is 20.0 Å². The molecule has 1 aliphatic heterocycles. The lowest BCUT2D eigenvalue weighted by Gasteiger charge is -2.27. The van der Waals surface area contributed by atoms with Crippen LogP contribution in [-0.4, -0.2) is 70.5 Å². The van der Waals surface area contributed by atoms with Crippen molar-refractivity contribution in [2.24, 2.45) is 0 Å². The number of β-amino-alcohol motifs (C(OH)–C–C–N with tert-alkyl or cyclic N) is 1. The van der Waals surface area contributed by atoms with Gasteiger partial charge in [0.05, 0.1) is 6.10 Å². The number of likely N-dealkylation sites (tertiary alicyclic amines) is 1. The Morgan fingerprint density at radius 3 is 2.44 bits per heavy atom. The average molecular weight is 270 g/mol. The van der Waals surface area contributed by atoms with Crippen molar-refractivity contribution >= 4 is 12.0 Å². The molecule has 1 aliphatic rings. The molecule has 1 heterocycles. The second-order valence-corrected chi connectivity index (χ2v) is 4.15. The summed E-state index contributed by atoms with van der Waals surface area (Å²) in [6.07, 6.45) is -5.77. The third kappa shape index (κ3) is 3.49. The van der Waals surface area contributed by atoms with Crippen molar-refractivity contribution in [1.29, 1.82) is 0 Å². The zero-order chi connectivity index (χ0) is 14.1. The molecule has 104 valence electrons. The summed E-state index contributed by atoms with van der Waals surface area (Å²) in [5, 5.41) is 18.1. The first-order valence-corrected chi connectivity index (χ1v) is 5.11. The van der Waals surface area contributed by atoms with Crippen LogP contribution in [0.5, 0.6) is 0 Å². The number of carbonyl (C=O) groups excluding carboxylic acids is 1. The molecule has 2 atom stereocenters. The second kappa shape index (κ2) is 5.01. The minimum absolute atomic E-state index is 0.180. The Bertz CT molecular complexity index is 347. The summed E-state index contributed by atoms with van der Waals surface area (Å²) in [5.41, 5.74) is 0. The minimum atomic E-state index is -4.55. The molecule has 0 saturated carbocycles. The molecule has 0 radical (unpaired) electrons. The van der Waals surface area contributed by atoms with Crippen molar-refractivity contribution in [3.8, 4) is 0 Å². The number of nitrogens with zero attached hydrogens (tertiary/aromatic N) is 2. The van der Waals surface area contributed by atoms with Gasteiger partial charge >= 0.3 is 18.2 Å². The molecule has 2 N–H and O–H groups in total. The summed E-state index contributed by atoms with van der Waals surface area (Å²) in [6.45, 7) is -1.75. The number of carboxylic acids is 1. The van der Waals surface area contributed by atoms with E-state index in [9.17, 15) is 27.9 Å². The van der Waals surface area contributed by atoms with E-state index in [0.717, 1.165) is 11.9 Å². The highest BCUT2D eigenvalue weighted by molar-refractivity contribution is 5.83. The van der Waals surface area contributed by atoms with E-state index >= 15 is 0 Å². The highest BCUT2D eigenvalue weighted by Crippen LogP contribution is 2.22. The third-order valence-corrected chi connectivity index (χ3v) is 2.55. The van der Waals surface area contributed by atoms with Crippen LogP contribution in [0.1, 0.15) is 6.42 Å². The fraction of sp³-hybridized carbons (Fsp3) is 0.778. The number of carbonyl (C=O) groups is 2. The third-order valence-electron chi connectivity index (χ3n) is 2.55. The predicted octanol–water partition coefficient (Wildman–Crippen LogP) is 0.120. The smallest absolute Gasteiger partial charge is 0.406 e. The van der Waals surface area contributed by atoms with Gasteiger partial charge < -0.3 is 20.0 Å². The van der Waals surface area contributed by atoms with Gasteiger partial charge in [-0.25, -0.2) is 9.59 Å². The number of amides is 2. The van der Waals surface area contributed by atoms with Crippen LogP contribution in [-0.2, 0) is 4.79 Å². The number of halogens is 3. The standard InChI is InChI=1S/C9H13F3N2O4/c1-13(4-9(10,11)12)8(18)14-3-5(15)2-6(14)7(16)17/h5-6,15H,2-4H2,1H3,(H,16,17)/t5-,6+/m1/s1. The molecule has 0 aromatic heterocycles. The van der Waals surface area contributed by atoms with E-state index in [0.29, 0.717) is 4.90 Å². The Morgan fingerprint density at radius 2 is 2.00 bits per heavy atom. The molecule has 0 aromatic rings. The van der Waals surface area contributed by atoms with E-state index in [1.807, 2.05) is 0 Å². The maximum Gasteiger partial charge on any atom is 0.406 e. The monoisotopic (exact) mass is 270 g/mol. The van der Waals surface area contributed by atoms with Crippen LogP contribution in [0.2, 0.25) is 0 Å². The number of hydrogen-bond donors (Lipinski definition) is 2. The summed E-state index contributed by atoms with van der Waals surface area (Å²) in [4.78, 5) is 23.6. The second-order valence-electron chi connectivity index (χ2n) is 4.15. The average Bonchev–Trinajstić information content (AvgIpc) is 2.56. The Balaban J connectivity index is 2.73. The first kappa shape index (κ1) is 14.6.